The summed E-state index contributed by atoms with van der Waals surface area (Å²) in [7, 11) is 0. The smallest absolute Gasteiger partial charge is 0.223 e. The third-order valence-electron chi connectivity index (χ3n) is 4.59. The molecule has 0 bridgehead atoms. The first-order valence-electron chi connectivity index (χ1n) is 8.40. The third-order valence-corrected chi connectivity index (χ3v) is 4.59. The highest BCUT2D eigenvalue weighted by Crippen LogP contribution is 2.30. The van der Waals surface area contributed by atoms with Crippen molar-refractivity contribution in [2.75, 3.05) is 6.54 Å². The zero-order chi connectivity index (χ0) is 16.5. The lowest BCUT2D eigenvalue weighted by molar-refractivity contribution is -0.128. The number of aromatic nitrogens is 3. The maximum absolute atomic E-state index is 12.4. The van der Waals surface area contributed by atoms with Crippen molar-refractivity contribution >= 4 is 11.6 Å². The molecule has 3 aromatic rings. The van der Waals surface area contributed by atoms with E-state index in [1.165, 1.54) is 0 Å². The second-order valence-corrected chi connectivity index (χ2v) is 6.33. The van der Waals surface area contributed by atoms with Gasteiger partial charge in [-0.2, -0.15) is 5.10 Å². The fourth-order valence-corrected chi connectivity index (χ4v) is 3.49. The van der Waals surface area contributed by atoms with Crippen LogP contribution in [0.25, 0.3) is 17.1 Å². The zero-order valence-electron chi connectivity index (χ0n) is 13.7. The van der Waals surface area contributed by atoms with E-state index in [0.29, 0.717) is 24.6 Å². The van der Waals surface area contributed by atoms with Crippen molar-refractivity contribution in [3.05, 3.63) is 42.4 Å². The molecule has 0 N–H and O–H groups in total. The predicted octanol–water partition coefficient (Wildman–Crippen LogP) is 3.14. The molecule has 0 aliphatic carbocycles. The number of carbonyl (C=O) groups excluding carboxylic acids is 1. The highest BCUT2D eigenvalue weighted by Gasteiger charge is 2.31. The van der Waals surface area contributed by atoms with Crippen molar-refractivity contribution in [1.82, 2.24) is 19.5 Å². The van der Waals surface area contributed by atoms with E-state index in [-0.39, 0.29) is 5.91 Å². The normalized spacial score (nSPS) is 18.0. The lowest BCUT2D eigenvalue weighted by atomic mass is 10.0. The molecule has 0 aromatic carbocycles. The van der Waals surface area contributed by atoms with Gasteiger partial charge in [0.15, 0.2) is 11.4 Å². The number of amides is 1. The number of furan rings is 1. The summed E-state index contributed by atoms with van der Waals surface area (Å²) in [5, 5.41) is 4.60. The first-order valence-corrected chi connectivity index (χ1v) is 8.40. The van der Waals surface area contributed by atoms with Gasteiger partial charge in [-0.3, -0.25) is 4.79 Å². The minimum Gasteiger partial charge on any atom is -0.463 e. The van der Waals surface area contributed by atoms with Gasteiger partial charge in [0.05, 0.1) is 12.8 Å². The quantitative estimate of drug-likeness (QED) is 0.723. The lowest BCUT2D eigenvalue weighted by Crippen LogP contribution is -2.24. The molecule has 0 radical (unpaired) electrons. The standard InChI is InChI=1S/C18H20N4O2/c1-2-5-13-10-16(23)21(11-13)12-14-17(15-6-3-9-24-15)20-22-8-4-7-19-18(14)22/h3-4,6-9,13H,2,5,10-12H2,1H3. The molecule has 1 unspecified atom stereocenters. The molecule has 124 valence electrons. The molecule has 6 nitrogen and oxygen atoms in total. The Balaban J connectivity index is 1.71. The van der Waals surface area contributed by atoms with Gasteiger partial charge in [0.2, 0.25) is 5.91 Å². The maximum atomic E-state index is 12.4. The number of nitrogens with zero attached hydrogens (tertiary/aromatic N) is 4. The summed E-state index contributed by atoms with van der Waals surface area (Å²) in [5.41, 5.74) is 2.47. The van der Waals surface area contributed by atoms with Gasteiger partial charge >= 0.3 is 0 Å². The minimum atomic E-state index is 0.217. The Kier molecular flexibility index (Phi) is 3.80. The van der Waals surface area contributed by atoms with Crippen molar-refractivity contribution in [1.29, 1.82) is 0 Å². The average molecular weight is 324 g/mol. The maximum Gasteiger partial charge on any atom is 0.223 e. The van der Waals surface area contributed by atoms with Crippen LogP contribution in [0.2, 0.25) is 0 Å². The highest BCUT2D eigenvalue weighted by molar-refractivity contribution is 5.79. The first-order chi connectivity index (χ1) is 11.8. The monoisotopic (exact) mass is 324 g/mol. The Hall–Kier alpha value is -2.63. The molecule has 0 saturated carbocycles. The summed E-state index contributed by atoms with van der Waals surface area (Å²) < 4.78 is 7.28. The topological polar surface area (TPSA) is 63.6 Å². The number of hydrogen-bond donors (Lipinski definition) is 0. The second kappa shape index (κ2) is 6.11. The van der Waals surface area contributed by atoms with E-state index in [1.54, 1.807) is 17.0 Å². The van der Waals surface area contributed by atoms with E-state index in [2.05, 4.69) is 17.0 Å². The summed E-state index contributed by atoms with van der Waals surface area (Å²) in [4.78, 5) is 18.8. The van der Waals surface area contributed by atoms with Crippen molar-refractivity contribution in [3.8, 4) is 11.5 Å². The zero-order valence-corrected chi connectivity index (χ0v) is 13.7. The Morgan fingerprint density at radius 2 is 2.29 bits per heavy atom. The molecule has 1 fully saturated rings. The fourth-order valence-electron chi connectivity index (χ4n) is 3.49. The predicted molar refractivity (Wildman–Crippen MR) is 89.1 cm³/mol. The van der Waals surface area contributed by atoms with Crippen LogP contribution in [0.15, 0.2) is 41.3 Å². The van der Waals surface area contributed by atoms with Gasteiger partial charge in [-0.05, 0) is 30.5 Å². The number of rotatable bonds is 5. The molecule has 4 heterocycles. The largest absolute Gasteiger partial charge is 0.463 e. The van der Waals surface area contributed by atoms with Crippen LogP contribution in [0.5, 0.6) is 0 Å². The molecular weight excluding hydrogens is 304 g/mol. The van der Waals surface area contributed by atoms with E-state index in [0.717, 1.165) is 36.3 Å². The van der Waals surface area contributed by atoms with E-state index >= 15 is 0 Å². The van der Waals surface area contributed by atoms with Crippen LogP contribution in [-0.2, 0) is 11.3 Å². The summed E-state index contributed by atoms with van der Waals surface area (Å²) in [6, 6.07) is 5.57. The SMILES string of the molecule is CCCC1CC(=O)N(Cc2c(-c3ccco3)nn3cccnc23)C1. The molecule has 1 aliphatic rings. The minimum absolute atomic E-state index is 0.217. The van der Waals surface area contributed by atoms with Crippen LogP contribution in [0.1, 0.15) is 31.7 Å². The molecule has 3 aromatic heterocycles. The first kappa shape index (κ1) is 14.9. The van der Waals surface area contributed by atoms with Crippen LogP contribution in [0, 0.1) is 5.92 Å². The molecule has 24 heavy (non-hydrogen) atoms. The van der Waals surface area contributed by atoms with Gasteiger partial charge in [0, 0.05) is 30.9 Å². The van der Waals surface area contributed by atoms with E-state index in [9.17, 15) is 4.79 Å². The number of fused-ring (bicyclic) bond motifs is 1. The van der Waals surface area contributed by atoms with Gasteiger partial charge in [0.25, 0.3) is 0 Å². The summed E-state index contributed by atoms with van der Waals surface area (Å²) in [6.07, 6.45) is 8.11. The molecule has 1 saturated heterocycles. The fraction of sp³-hybridized carbons (Fsp3) is 0.389. The summed E-state index contributed by atoms with van der Waals surface area (Å²) >= 11 is 0. The number of hydrogen-bond acceptors (Lipinski definition) is 4. The number of carbonyl (C=O) groups is 1. The Labute approximate surface area is 140 Å². The van der Waals surface area contributed by atoms with E-state index in [4.69, 9.17) is 4.42 Å². The van der Waals surface area contributed by atoms with E-state index < -0.39 is 0 Å². The van der Waals surface area contributed by atoms with Crippen molar-refractivity contribution < 1.29 is 9.21 Å². The molecular formula is C18H20N4O2. The lowest BCUT2D eigenvalue weighted by Gasteiger charge is -2.16. The van der Waals surface area contributed by atoms with Crippen LogP contribution < -0.4 is 0 Å². The molecule has 0 spiro atoms. The number of likely N-dealkylation sites (tertiary alicyclic amines) is 1. The Morgan fingerprint density at radius 1 is 1.38 bits per heavy atom. The highest BCUT2D eigenvalue weighted by atomic mass is 16.3. The molecule has 6 heteroatoms. The van der Waals surface area contributed by atoms with Crippen molar-refractivity contribution in [2.45, 2.75) is 32.7 Å². The average Bonchev–Trinajstić information content (AvgIpc) is 3.28. The van der Waals surface area contributed by atoms with Gasteiger partial charge in [-0.25, -0.2) is 9.50 Å². The Morgan fingerprint density at radius 3 is 3.08 bits per heavy atom. The molecule has 4 rings (SSSR count). The Bertz CT molecular complexity index is 853. The van der Waals surface area contributed by atoms with Crippen LogP contribution in [0.3, 0.4) is 0 Å². The van der Waals surface area contributed by atoms with Crippen LogP contribution >= 0.6 is 0 Å². The second-order valence-electron chi connectivity index (χ2n) is 6.33. The van der Waals surface area contributed by atoms with Gasteiger partial charge < -0.3 is 9.32 Å². The molecule has 1 aliphatic heterocycles. The molecule has 1 atom stereocenters. The van der Waals surface area contributed by atoms with Crippen molar-refractivity contribution in [3.63, 3.8) is 0 Å². The van der Waals surface area contributed by atoms with Crippen LogP contribution in [-0.4, -0.2) is 31.9 Å². The van der Waals surface area contributed by atoms with Gasteiger partial charge in [-0.1, -0.05) is 13.3 Å². The summed E-state index contributed by atoms with van der Waals surface area (Å²) in [5.74, 6) is 1.38. The van der Waals surface area contributed by atoms with Crippen LogP contribution in [0.4, 0.5) is 0 Å². The summed E-state index contributed by atoms with van der Waals surface area (Å²) in [6.45, 7) is 3.50. The van der Waals surface area contributed by atoms with Gasteiger partial charge in [-0.15, -0.1) is 0 Å². The molecule has 1 amide bonds. The van der Waals surface area contributed by atoms with E-state index in [1.807, 2.05) is 29.3 Å². The third kappa shape index (κ3) is 2.58. The van der Waals surface area contributed by atoms with Gasteiger partial charge in [0.1, 0.15) is 5.69 Å². The van der Waals surface area contributed by atoms with Crippen molar-refractivity contribution in [2.24, 2.45) is 5.92 Å².